The van der Waals surface area contributed by atoms with Crippen LogP contribution in [-0.2, 0) is 0 Å². The van der Waals surface area contributed by atoms with Crippen LogP contribution in [0, 0.1) is 0 Å². The number of ether oxygens (including phenoxy) is 2. The van der Waals surface area contributed by atoms with Gasteiger partial charge in [-0.2, -0.15) is 0 Å². The van der Waals surface area contributed by atoms with E-state index >= 15 is 0 Å². The molecule has 0 amide bonds. The molecule has 0 aliphatic heterocycles. The Morgan fingerprint density at radius 2 is 1.71 bits per heavy atom. The minimum absolute atomic E-state index is 0.0786. The Kier molecular flexibility index (Phi) is 5.84. The molecule has 1 unspecified atom stereocenters. The lowest BCUT2D eigenvalue weighted by molar-refractivity contribution is 0.287. The van der Waals surface area contributed by atoms with Crippen molar-refractivity contribution >= 4 is 0 Å². The highest BCUT2D eigenvalue weighted by Gasteiger charge is 2.10. The van der Waals surface area contributed by atoms with E-state index in [0.29, 0.717) is 13.2 Å². The second kappa shape index (κ2) is 7.17. The topological polar surface area (TPSA) is 44.5 Å². The summed E-state index contributed by atoms with van der Waals surface area (Å²) in [5.41, 5.74) is 7.21. The highest BCUT2D eigenvalue weighted by atomic mass is 16.5. The lowest BCUT2D eigenvalue weighted by atomic mass is 10.0. The molecule has 0 spiro atoms. The molecule has 0 bridgehead atoms. The van der Waals surface area contributed by atoms with E-state index in [9.17, 15) is 0 Å². The number of nitrogens with two attached hydrogens (primary N) is 1. The molecule has 1 atom stereocenters. The van der Waals surface area contributed by atoms with Crippen molar-refractivity contribution < 1.29 is 9.47 Å². The molecule has 0 aliphatic rings. The third-order valence-corrected chi connectivity index (χ3v) is 2.60. The maximum Gasteiger partial charge on any atom is 0.161 e. The summed E-state index contributed by atoms with van der Waals surface area (Å²) >= 11 is 0. The Morgan fingerprint density at radius 3 is 2.29 bits per heavy atom. The van der Waals surface area contributed by atoms with Gasteiger partial charge in [-0.05, 0) is 38.0 Å². The molecule has 1 aromatic rings. The maximum atomic E-state index is 6.10. The number of benzene rings is 1. The summed E-state index contributed by atoms with van der Waals surface area (Å²) in [4.78, 5) is 0. The molecule has 96 valence electrons. The second-order valence-corrected chi connectivity index (χ2v) is 3.97. The summed E-state index contributed by atoms with van der Waals surface area (Å²) in [5, 5.41) is 0. The van der Waals surface area contributed by atoms with Crippen LogP contribution >= 0.6 is 0 Å². The van der Waals surface area contributed by atoms with Crippen LogP contribution in [0.1, 0.15) is 45.2 Å². The molecule has 1 aromatic carbocycles. The normalized spacial score (nSPS) is 12.2. The molecule has 0 heterocycles. The zero-order valence-electron chi connectivity index (χ0n) is 11.0. The second-order valence-electron chi connectivity index (χ2n) is 3.97. The maximum absolute atomic E-state index is 6.10. The summed E-state index contributed by atoms with van der Waals surface area (Å²) in [6.45, 7) is 7.34. The first-order valence-corrected chi connectivity index (χ1v) is 6.38. The van der Waals surface area contributed by atoms with Gasteiger partial charge in [0.2, 0.25) is 0 Å². The van der Waals surface area contributed by atoms with Crippen LogP contribution in [0.4, 0.5) is 0 Å². The number of rotatable bonds is 7. The van der Waals surface area contributed by atoms with Gasteiger partial charge in [-0.1, -0.05) is 19.4 Å². The van der Waals surface area contributed by atoms with Crippen molar-refractivity contribution in [1.29, 1.82) is 0 Å². The Hall–Kier alpha value is -1.22. The third kappa shape index (κ3) is 3.93. The molecule has 2 N–H and O–H groups in total. The van der Waals surface area contributed by atoms with Gasteiger partial charge in [0.05, 0.1) is 13.2 Å². The van der Waals surface area contributed by atoms with Gasteiger partial charge in [0, 0.05) is 6.04 Å². The van der Waals surface area contributed by atoms with Gasteiger partial charge in [0.25, 0.3) is 0 Å². The first-order valence-electron chi connectivity index (χ1n) is 6.38. The van der Waals surface area contributed by atoms with Crippen LogP contribution in [0.2, 0.25) is 0 Å². The molecule has 0 aliphatic carbocycles. The van der Waals surface area contributed by atoms with Gasteiger partial charge >= 0.3 is 0 Å². The van der Waals surface area contributed by atoms with Crippen LogP contribution in [0.3, 0.4) is 0 Å². The van der Waals surface area contributed by atoms with Crippen LogP contribution in [-0.4, -0.2) is 13.2 Å². The van der Waals surface area contributed by atoms with Crippen LogP contribution in [0.15, 0.2) is 18.2 Å². The van der Waals surface area contributed by atoms with Gasteiger partial charge < -0.3 is 15.2 Å². The molecule has 1 rings (SSSR count). The minimum Gasteiger partial charge on any atom is -0.490 e. The smallest absolute Gasteiger partial charge is 0.161 e. The summed E-state index contributed by atoms with van der Waals surface area (Å²) in [5.74, 6) is 1.58. The fourth-order valence-electron chi connectivity index (χ4n) is 1.78. The van der Waals surface area contributed by atoms with Gasteiger partial charge in [0.15, 0.2) is 11.5 Å². The summed E-state index contributed by atoms with van der Waals surface area (Å²) in [6.07, 6.45) is 2.07. The highest BCUT2D eigenvalue weighted by Crippen LogP contribution is 2.31. The average molecular weight is 237 g/mol. The van der Waals surface area contributed by atoms with E-state index in [-0.39, 0.29) is 6.04 Å². The Balaban J connectivity index is 2.91. The fraction of sp³-hybridized carbons (Fsp3) is 0.571. The van der Waals surface area contributed by atoms with Crippen molar-refractivity contribution in [3.8, 4) is 11.5 Å². The van der Waals surface area contributed by atoms with Crippen molar-refractivity contribution in [2.75, 3.05) is 13.2 Å². The molecule has 0 saturated heterocycles. The number of hydrogen-bond donors (Lipinski definition) is 1. The third-order valence-electron chi connectivity index (χ3n) is 2.60. The van der Waals surface area contributed by atoms with Gasteiger partial charge in [-0.3, -0.25) is 0 Å². The van der Waals surface area contributed by atoms with Crippen molar-refractivity contribution in [2.24, 2.45) is 5.73 Å². The largest absolute Gasteiger partial charge is 0.490 e. The zero-order valence-corrected chi connectivity index (χ0v) is 11.0. The fourth-order valence-corrected chi connectivity index (χ4v) is 1.78. The summed E-state index contributed by atoms with van der Waals surface area (Å²) in [6, 6.07) is 6.04. The SMILES string of the molecule is CCCC(N)c1ccc(OCC)c(OCC)c1. The molecule has 3 heteroatoms. The Bertz CT molecular complexity index is 339. The summed E-state index contributed by atoms with van der Waals surface area (Å²) in [7, 11) is 0. The van der Waals surface area contributed by atoms with Gasteiger partial charge in [-0.25, -0.2) is 0 Å². The first kappa shape index (κ1) is 13.8. The van der Waals surface area contributed by atoms with Gasteiger partial charge in [0.1, 0.15) is 0 Å². The van der Waals surface area contributed by atoms with Crippen molar-refractivity contribution in [3.05, 3.63) is 23.8 Å². The monoisotopic (exact) mass is 237 g/mol. The first-order chi connectivity index (χ1) is 8.22. The zero-order chi connectivity index (χ0) is 12.7. The van der Waals surface area contributed by atoms with Gasteiger partial charge in [-0.15, -0.1) is 0 Å². The molecule has 0 fully saturated rings. The molecule has 0 aromatic heterocycles. The van der Waals surface area contributed by atoms with E-state index in [1.54, 1.807) is 0 Å². The molecule has 0 saturated carbocycles. The van der Waals surface area contributed by atoms with E-state index in [4.69, 9.17) is 15.2 Å². The van der Waals surface area contributed by atoms with E-state index in [0.717, 1.165) is 29.9 Å². The standard InChI is InChI=1S/C14H23NO2/c1-4-7-12(15)11-8-9-13(16-5-2)14(10-11)17-6-3/h8-10,12H,4-7,15H2,1-3H3. The molecule has 17 heavy (non-hydrogen) atoms. The van der Waals surface area contributed by atoms with Crippen LogP contribution in [0.5, 0.6) is 11.5 Å². The Labute approximate surface area is 104 Å². The average Bonchev–Trinajstić information content (AvgIpc) is 2.32. The predicted molar refractivity (Wildman–Crippen MR) is 70.6 cm³/mol. The van der Waals surface area contributed by atoms with E-state index in [2.05, 4.69) is 6.92 Å². The van der Waals surface area contributed by atoms with E-state index in [1.165, 1.54) is 0 Å². The quantitative estimate of drug-likeness (QED) is 0.791. The lowest BCUT2D eigenvalue weighted by Crippen LogP contribution is -2.10. The molecular weight excluding hydrogens is 214 g/mol. The van der Waals surface area contributed by atoms with E-state index in [1.807, 2.05) is 32.0 Å². The van der Waals surface area contributed by atoms with Crippen LogP contribution in [0.25, 0.3) is 0 Å². The highest BCUT2D eigenvalue weighted by molar-refractivity contribution is 5.43. The lowest BCUT2D eigenvalue weighted by Gasteiger charge is -2.15. The van der Waals surface area contributed by atoms with Crippen molar-refractivity contribution in [3.63, 3.8) is 0 Å². The predicted octanol–water partition coefficient (Wildman–Crippen LogP) is 3.28. The number of hydrogen-bond acceptors (Lipinski definition) is 3. The molecular formula is C14H23NO2. The Morgan fingerprint density at radius 1 is 1.06 bits per heavy atom. The minimum atomic E-state index is 0.0786. The summed E-state index contributed by atoms with van der Waals surface area (Å²) < 4.78 is 11.1. The van der Waals surface area contributed by atoms with Crippen LogP contribution < -0.4 is 15.2 Å². The molecule has 3 nitrogen and oxygen atoms in total. The van der Waals surface area contributed by atoms with E-state index < -0.39 is 0 Å². The van der Waals surface area contributed by atoms with Crippen molar-refractivity contribution in [2.45, 2.75) is 39.7 Å². The molecule has 0 radical (unpaired) electrons. The van der Waals surface area contributed by atoms with Crippen molar-refractivity contribution in [1.82, 2.24) is 0 Å².